The van der Waals surface area contributed by atoms with Gasteiger partial charge >= 0.3 is 5.69 Å². The van der Waals surface area contributed by atoms with E-state index in [1.165, 1.54) is 6.20 Å². The van der Waals surface area contributed by atoms with E-state index in [0.29, 0.717) is 0 Å². The topological polar surface area (TPSA) is 78.7 Å². The van der Waals surface area contributed by atoms with Crippen LogP contribution in [0.25, 0.3) is 0 Å². The fourth-order valence-corrected chi connectivity index (χ4v) is 1.04. The molecule has 0 spiro atoms. The van der Waals surface area contributed by atoms with E-state index in [-0.39, 0.29) is 5.56 Å². The second kappa shape index (κ2) is 3.47. The van der Waals surface area contributed by atoms with Crippen molar-refractivity contribution in [1.82, 2.24) is 9.55 Å². The SMILES string of the molecule is C#CC(C)(C)n1cc(C#N)c(=O)[nH]c1=O. The average Bonchev–Trinajstić information content (AvgIpc) is 2.17. The van der Waals surface area contributed by atoms with E-state index in [4.69, 9.17) is 11.7 Å². The molecule has 0 aromatic carbocycles. The van der Waals surface area contributed by atoms with E-state index in [1.54, 1.807) is 19.9 Å². The van der Waals surface area contributed by atoms with E-state index >= 15 is 0 Å². The Morgan fingerprint density at radius 3 is 2.60 bits per heavy atom. The highest BCUT2D eigenvalue weighted by atomic mass is 16.2. The van der Waals surface area contributed by atoms with E-state index in [1.807, 2.05) is 4.98 Å². The highest BCUT2D eigenvalue weighted by Crippen LogP contribution is 2.09. The number of hydrogen-bond acceptors (Lipinski definition) is 3. The molecule has 0 aliphatic heterocycles. The predicted molar refractivity (Wildman–Crippen MR) is 54.2 cm³/mol. The summed E-state index contributed by atoms with van der Waals surface area (Å²) in [6.07, 6.45) is 6.42. The van der Waals surface area contributed by atoms with E-state index in [2.05, 4.69) is 5.92 Å². The standard InChI is InChI=1S/C10H9N3O2/c1-4-10(2,3)13-6-7(5-11)8(14)12-9(13)15/h1,6H,2-3H3,(H,12,14,15). The maximum atomic E-state index is 11.4. The Morgan fingerprint density at radius 2 is 2.13 bits per heavy atom. The highest BCUT2D eigenvalue weighted by molar-refractivity contribution is 5.23. The first-order chi connectivity index (χ1) is 6.92. The molecule has 0 amide bonds. The van der Waals surface area contributed by atoms with Crippen molar-refractivity contribution in [1.29, 1.82) is 5.26 Å². The molecule has 0 aliphatic carbocycles. The first-order valence-corrected chi connectivity index (χ1v) is 4.16. The van der Waals surface area contributed by atoms with Gasteiger partial charge in [-0.25, -0.2) is 4.79 Å². The Bertz CT molecular complexity index is 578. The van der Waals surface area contributed by atoms with Crippen LogP contribution in [0.1, 0.15) is 19.4 Å². The summed E-state index contributed by atoms with van der Waals surface area (Å²) >= 11 is 0. The smallest absolute Gasteiger partial charge is 0.283 e. The Balaban J connectivity index is 3.62. The lowest BCUT2D eigenvalue weighted by atomic mass is 10.1. The molecule has 76 valence electrons. The molecule has 0 radical (unpaired) electrons. The maximum absolute atomic E-state index is 11.4. The van der Waals surface area contributed by atoms with Crippen LogP contribution in [0.3, 0.4) is 0 Å². The number of aromatic nitrogens is 2. The van der Waals surface area contributed by atoms with Crippen molar-refractivity contribution in [2.45, 2.75) is 19.4 Å². The zero-order valence-electron chi connectivity index (χ0n) is 8.37. The number of H-pyrrole nitrogens is 1. The van der Waals surface area contributed by atoms with Crippen molar-refractivity contribution in [2.24, 2.45) is 0 Å². The molecular formula is C10H9N3O2. The fraction of sp³-hybridized carbons (Fsp3) is 0.300. The minimum absolute atomic E-state index is 0.141. The van der Waals surface area contributed by atoms with E-state index < -0.39 is 16.8 Å². The summed E-state index contributed by atoms with van der Waals surface area (Å²) in [5.74, 6) is 2.40. The molecule has 0 bridgehead atoms. The number of nitriles is 1. The largest absolute Gasteiger partial charge is 0.329 e. The summed E-state index contributed by atoms with van der Waals surface area (Å²) in [4.78, 5) is 24.5. The molecular weight excluding hydrogens is 194 g/mol. The van der Waals surface area contributed by atoms with Crippen LogP contribution in [-0.4, -0.2) is 9.55 Å². The molecule has 1 N–H and O–H groups in total. The second-order valence-electron chi connectivity index (χ2n) is 3.49. The first kappa shape index (κ1) is 10.8. The fourth-order valence-electron chi connectivity index (χ4n) is 1.04. The van der Waals surface area contributed by atoms with Crippen LogP contribution in [0.5, 0.6) is 0 Å². The number of nitrogens with zero attached hydrogens (tertiary/aromatic N) is 2. The maximum Gasteiger partial charge on any atom is 0.329 e. The second-order valence-corrected chi connectivity index (χ2v) is 3.49. The zero-order chi connectivity index (χ0) is 11.6. The van der Waals surface area contributed by atoms with Crippen molar-refractivity contribution in [3.8, 4) is 18.4 Å². The minimum atomic E-state index is -0.882. The van der Waals surface area contributed by atoms with Gasteiger partial charge in [-0.1, -0.05) is 5.92 Å². The summed E-state index contributed by atoms with van der Waals surface area (Å²) < 4.78 is 1.15. The summed E-state index contributed by atoms with van der Waals surface area (Å²) in [6.45, 7) is 3.27. The summed E-state index contributed by atoms with van der Waals surface area (Å²) in [7, 11) is 0. The minimum Gasteiger partial charge on any atom is -0.283 e. The molecule has 5 heteroatoms. The lowest BCUT2D eigenvalue weighted by molar-refractivity contribution is 0.447. The molecule has 0 saturated carbocycles. The summed E-state index contributed by atoms with van der Waals surface area (Å²) in [6, 6.07) is 1.69. The first-order valence-electron chi connectivity index (χ1n) is 4.16. The van der Waals surface area contributed by atoms with Gasteiger partial charge in [-0.05, 0) is 13.8 Å². The monoisotopic (exact) mass is 203 g/mol. The Hall–Kier alpha value is -2.27. The number of rotatable bonds is 1. The zero-order valence-corrected chi connectivity index (χ0v) is 8.37. The average molecular weight is 203 g/mol. The normalized spacial score (nSPS) is 10.4. The summed E-state index contributed by atoms with van der Waals surface area (Å²) in [5.41, 5.74) is -2.35. The molecule has 5 nitrogen and oxygen atoms in total. The third-order valence-corrected chi connectivity index (χ3v) is 2.02. The predicted octanol–water partition coefficient (Wildman–Crippen LogP) is -0.223. The van der Waals surface area contributed by atoms with Crippen molar-refractivity contribution >= 4 is 0 Å². The third kappa shape index (κ3) is 1.82. The van der Waals surface area contributed by atoms with Gasteiger partial charge in [0, 0.05) is 6.20 Å². The summed E-state index contributed by atoms with van der Waals surface area (Å²) in [5, 5.41) is 8.64. The van der Waals surface area contributed by atoms with Crippen LogP contribution in [0, 0.1) is 23.7 Å². The van der Waals surface area contributed by atoms with Crippen molar-refractivity contribution in [3.05, 3.63) is 32.6 Å². The van der Waals surface area contributed by atoms with Gasteiger partial charge in [-0.15, -0.1) is 6.42 Å². The quantitative estimate of drug-likeness (QED) is 0.641. The van der Waals surface area contributed by atoms with Crippen molar-refractivity contribution in [3.63, 3.8) is 0 Å². The van der Waals surface area contributed by atoms with Gasteiger partial charge in [0.25, 0.3) is 5.56 Å². The lowest BCUT2D eigenvalue weighted by Crippen LogP contribution is -2.40. The molecule has 1 rings (SSSR count). The van der Waals surface area contributed by atoms with Crippen LogP contribution >= 0.6 is 0 Å². The Kier molecular flexibility index (Phi) is 2.50. The molecule has 15 heavy (non-hydrogen) atoms. The van der Waals surface area contributed by atoms with E-state index in [0.717, 1.165) is 4.57 Å². The number of aromatic amines is 1. The van der Waals surface area contributed by atoms with Crippen molar-refractivity contribution in [2.75, 3.05) is 0 Å². The molecule has 0 saturated heterocycles. The lowest BCUT2D eigenvalue weighted by Gasteiger charge is -2.20. The Labute approximate surface area is 86.0 Å². The van der Waals surface area contributed by atoms with Crippen LogP contribution in [0.4, 0.5) is 0 Å². The van der Waals surface area contributed by atoms with Crippen LogP contribution in [0.15, 0.2) is 15.8 Å². The van der Waals surface area contributed by atoms with Crippen LogP contribution in [-0.2, 0) is 5.54 Å². The number of nitrogens with one attached hydrogen (secondary N) is 1. The van der Waals surface area contributed by atoms with Crippen LogP contribution in [0.2, 0.25) is 0 Å². The third-order valence-electron chi connectivity index (χ3n) is 2.02. The van der Waals surface area contributed by atoms with Gasteiger partial charge in [0.1, 0.15) is 17.2 Å². The number of terminal acetylenes is 1. The molecule has 1 aromatic heterocycles. The van der Waals surface area contributed by atoms with Gasteiger partial charge in [0.2, 0.25) is 0 Å². The molecule has 0 atom stereocenters. The molecule has 0 aliphatic rings. The van der Waals surface area contributed by atoms with Gasteiger partial charge in [0.15, 0.2) is 0 Å². The van der Waals surface area contributed by atoms with Crippen LogP contribution < -0.4 is 11.2 Å². The van der Waals surface area contributed by atoms with Gasteiger partial charge in [0.05, 0.1) is 0 Å². The van der Waals surface area contributed by atoms with Gasteiger partial charge in [-0.2, -0.15) is 5.26 Å². The molecule has 1 heterocycles. The highest BCUT2D eigenvalue weighted by Gasteiger charge is 2.19. The molecule has 1 aromatic rings. The van der Waals surface area contributed by atoms with E-state index in [9.17, 15) is 9.59 Å². The Morgan fingerprint density at radius 1 is 1.53 bits per heavy atom. The van der Waals surface area contributed by atoms with Gasteiger partial charge < -0.3 is 0 Å². The molecule has 0 unspecified atom stereocenters. The van der Waals surface area contributed by atoms with Crippen molar-refractivity contribution < 1.29 is 0 Å². The number of hydrogen-bond donors (Lipinski definition) is 1. The molecule has 0 fully saturated rings. The van der Waals surface area contributed by atoms with Gasteiger partial charge in [-0.3, -0.25) is 14.3 Å².